The number of nitrogens with two attached hydrogens (primary N) is 1. The van der Waals surface area contributed by atoms with Crippen molar-refractivity contribution in [2.75, 3.05) is 35.6 Å². The molecule has 1 aliphatic heterocycles. The van der Waals surface area contributed by atoms with Crippen molar-refractivity contribution in [1.29, 1.82) is 0 Å². The van der Waals surface area contributed by atoms with E-state index in [0.717, 1.165) is 68.3 Å². The summed E-state index contributed by atoms with van der Waals surface area (Å²) in [5.74, 6) is 0.978. The van der Waals surface area contributed by atoms with Crippen LogP contribution in [-0.4, -0.2) is 74.2 Å². The largest absolute Gasteiger partial charge is 0.462 e. The van der Waals surface area contributed by atoms with Gasteiger partial charge in [-0.1, -0.05) is 18.9 Å². The summed E-state index contributed by atoms with van der Waals surface area (Å²) in [4.78, 5) is 41.6. The van der Waals surface area contributed by atoms with Gasteiger partial charge >= 0.3 is 12.0 Å². The van der Waals surface area contributed by atoms with E-state index in [4.69, 9.17) is 25.4 Å². The number of piperidine rings is 1. The number of ether oxygens (including phenoxy) is 1. The molecular formula is C31H43N9O3. The summed E-state index contributed by atoms with van der Waals surface area (Å²) in [6.45, 7) is 3.26. The lowest BCUT2D eigenvalue weighted by molar-refractivity contribution is 0.0526. The molecule has 12 heteroatoms. The van der Waals surface area contributed by atoms with Crippen LogP contribution in [0, 0.1) is 0 Å². The minimum absolute atomic E-state index is 0.145. The first-order valence-electron chi connectivity index (χ1n) is 15.8. The van der Waals surface area contributed by atoms with Crippen LogP contribution in [0.1, 0.15) is 87.5 Å². The van der Waals surface area contributed by atoms with E-state index >= 15 is 0 Å². The van der Waals surface area contributed by atoms with Crippen LogP contribution in [0.25, 0.3) is 11.2 Å². The Labute approximate surface area is 252 Å². The summed E-state index contributed by atoms with van der Waals surface area (Å²) in [5.41, 5.74) is 8.79. The highest BCUT2D eigenvalue weighted by molar-refractivity contribution is 5.94. The highest BCUT2D eigenvalue weighted by Gasteiger charge is 2.27. The van der Waals surface area contributed by atoms with Crippen molar-refractivity contribution < 1.29 is 14.3 Å². The van der Waals surface area contributed by atoms with Crippen LogP contribution in [0.15, 0.2) is 30.6 Å². The van der Waals surface area contributed by atoms with Crippen LogP contribution in [0.4, 0.5) is 22.2 Å². The molecule has 2 amide bonds. The molecule has 2 aromatic heterocycles. The standard InChI is InChI=1S/C31H43N9O3/c1-2-43-29(41)20-6-5-7-24(18-20)36-31(42)39-16-14-23(15-17-39)34-27-26-28(40(19-33-26)25-8-3-4-9-25)38-30(37-27)35-22-12-10-21(32)11-13-22/h5-7,18-19,21-23,25H,2-4,8-17,32H2,1H3,(H,36,42)(H2,34,35,37,38)/t21-,22-. The third-order valence-electron chi connectivity index (χ3n) is 8.99. The number of nitrogens with one attached hydrogen (secondary N) is 3. The molecule has 3 aromatic rings. The fraction of sp³-hybridized carbons (Fsp3) is 0.581. The SMILES string of the molecule is CCOC(=O)c1cccc(NC(=O)N2CCC(Nc3nc(N[C@H]4CC[C@H](N)CC4)nc4c3ncn4C3CCCC3)CC2)c1. The number of amides is 2. The molecule has 12 nitrogen and oxygen atoms in total. The lowest BCUT2D eigenvalue weighted by Crippen LogP contribution is -2.44. The number of fused-ring (bicyclic) bond motifs is 1. The van der Waals surface area contributed by atoms with Crippen molar-refractivity contribution >= 4 is 40.6 Å². The van der Waals surface area contributed by atoms with Gasteiger partial charge in [0, 0.05) is 42.9 Å². The summed E-state index contributed by atoms with van der Waals surface area (Å²) < 4.78 is 7.31. The van der Waals surface area contributed by atoms with Gasteiger partial charge in [-0.3, -0.25) is 0 Å². The first-order chi connectivity index (χ1) is 21.0. The van der Waals surface area contributed by atoms with Gasteiger partial charge in [0.15, 0.2) is 17.0 Å². The minimum atomic E-state index is -0.404. The van der Waals surface area contributed by atoms with Crippen LogP contribution in [0.5, 0.6) is 0 Å². The molecule has 3 fully saturated rings. The summed E-state index contributed by atoms with van der Waals surface area (Å²) in [6, 6.07) is 7.81. The Bertz CT molecular complexity index is 1420. The van der Waals surface area contributed by atoms with E-state index in [1.54, 1.807) is 36.1 Å². The first-order valence-corrected chi connectivity index (χ1v) is 15.8. The minimum Gasteiger partial charge on any atom is -0.462 e. The Morgan fingerprint density at radius 1 is 0.977 bits per heavy atom. The number of carbonyl (C=O) groups is 2. The second-order valence-electron chi connectivity index (χ2n) is 12.1. The van der Waals surface area contributed by atoms with E-state index in [2.05, 4.69) is 20.5 Å². The van der Waals surface area contributed by atoms with E-state index in [1.165, 1.54) is 12.8 Å². The Morgan fingerprint density at radius 3 is 2.47 bits per heavy atom. The maximum atomic E-state index is 13.0. The second kappa shape index (κ2) is 13.2. The number of urea groups is 1. The average molecular weight is 590 g/mol. The molecule has 5 N–H and O–H groups in total. The number of nitrogens with zero attached hydrogens (tertiary/aromatic N) is 5. The average Bonchev–Trinajstić information content (AvgIpc) is 3.69. The Hall–Kier alpha value is -3.93. The fourth-order valence-electron chi connectivity index (χ4n) is 6.54. The highest BCUT2D eigenvalue weighted by atomic mass is 16.5. The molecule has 0 bridgehead atoms. The van der Waals surface area contributed by atoms with E-state index in [-0.39, 0.29) is 18.1 Å². The maximum Gasteiger partial charge on any atom is 0.338 e. The number of anilines is 3. The number of likely N-dealkylation sites (tertiary alicyclic amines) is 1. The van der Waals surface area contributed by atoms with Gasteiger partial charge in [-0.15, -0.1) is 0 Å². The molecule has 43 heavy (non-hydrogen) atoms. The summed E-state index contributed by atoms with van der Waals surface area (Å²) in [7, 11) is 0. The topological polar surface area (TPSA) is 152 Å². The smallest absolute Gasteiger partial charge is 0.338 e. The zero-order chi connectivity index (χ0) is 29.8. The molecule has 0 unspecified atom stereocenters. The maximum absolute atomic E-state index is 13.0. The van der Waals surface area contributed by atoms with E-state index in [0.29, 0.717) is 49.0 Å². The number of imidazole rings is 1. The third kappa shape index (κ3) is 6.84. The molecule has 3 heterocycles. The molecule has 2 saturated carbocycles. The Kier molecular flexibility index (Phi) is 8.92. The number of esters is 1. The molecular weight excluding hydrogens is 546 g/mol. The zero-order valence-corrected chi connectivity index (χ0v) is 24.9. The number of carbonyl (C=O) groups excluding carboxylic acids is 2. The van der Waals surface area contributed by atoms with E-state index in [9.17, 15) is 9.59 Å². The number of hydrogen-bond acceptors (Lipinski definition) is 9. The molecule has 3 aliphatic rings. The summed E-state index contributed by atoms with van der Waals surface area (Å²) in [5, 5.41) is 10.2. The van der Waals surface area contributed by atoms with E-state index < -0.39 is 5.97 Å². The lowest BCUT2D eigenvalue weighted by Gasteiger charge is -2.32. The normalized spacial score (nSPS) is 21.6. The van der Waals surface area contributed by atoms with Crippen molar-refractivity contribution in [2.24, 2.45) is 5.73 Å². The molecule has 0 spiro atoms. The molecule has 0 radical (unpaired) electrons. The molecule has 6 rings (SSSR count). The number of rotatable bonds is 8. The fourth-order valence-corrected chi connectivity index (χ4v) is 6.54. The van der Waals surface area contributed by atoms with Crippen LogP contribution < -0.4 is 21.7 Å². The van der Waals surface area contributed by atoms with Crippen molar-refractivity contribution in [3.63, 3.8) is 0 Å². The highest BCUT2D eigenvalue weighted by Crippen LogP contribution is 2.34. The van der Waals surface area contributed by atoms with Gasteiger partial charge in [-0.2, -0.15) is 9.97 Å². The summed E-state index contributed by atoms with van der Waals surface area (Å²) >= 11 is 0. The molecule has 0 atom stereocenters. The van der Waals surface area contributed by atoms with Crippen molar-refractivity contribution in [3.8, 4) is 0 Å². The van der Waals surface area contributed by atoms with Crippen molar-refractivity contribution in [2.45, 2.75) is 95.3 Å². The van der Waals surface area contributed by atoms with E-state index in [1.807, 2.05) is 6.33 Å². The molecule has 230 valence electrons. The number of benzene rings is 1. The predicted molar refractivity (Wildman–Crippen MR) is 166 cm³/mol. The zero-order valence-electron chi connectivity index (χ0n) is 24.9. The van der Waals surface area contributed by atoms with Crippen molar-refractivity contribution in [1.82, 2.24) is 24.4 Å². The molecule has 2 aliphatic carbocycles. The van der Waals surface area contributed by atoms with Gasteiger partial charge in [0.05, 0.1) is 18.5 Å². The van der Waals surface area contributed by atoms with Gasteiger partial charge < -0.3 is 35.9 Å². The van der Waals surface area contributed by atoms with Crippen LogP contribution >= 0.6 is 0 Å². The summed E-state index contributed by atoms with van der Waals surface area (Å²) in [6.07, 6.45) is 12.3. The monoisotopic (exact) mass is 589 g/mol. The van der Waals surface area contributed by atoms with Gasteiger partial charge in [-0.25, -0.2) is 14.6 Å². The van der Waals surface area contributed by atoms with Crippen LogP contribution in [0.3, 0.4) is 0 Å². The van der Waals surface area contributed by atoms with Crippen LogP contribution in [-0.2, 0) is 4.74 Å². The quantitative estimate of drug-likeness (QED) is 0.269. The third-order valence-corrected chi connectivity index (χ3v) is 8.99. The van der Waals surface area contributed by atoms with Crippen molar-refractivity contribution in [3.05, 3.63) is 36.2 Å². The van der Waals surface area contributed by atoms with Gasteiger partial charge in [-0.05, 0) is 76.5 Å². The molecule has 1 saturated heterocycles. The Morgan fingerprint density at radius 2 is 1.72 bits per heavy atom. The second-order valence-corrected chi connectivity index (χ2v) is 12.1. The number of hydrogen-bond donors (Lipinski definition) is 4. The lowest BCUT2D eigenvalue weighted by atomic mass is 9.92. The first kappa shape index (κ1) is 29.2. The van der Waals surface area contributed by atoms with Gasteiger partial charge in [0.1, 0.15) is 0 Å². The predicted octanol–water partition coefficient (Wildman–Crippen LogP) is 4.91. The van der Waals surface area contributed by atoms with Crippen LogP contribution in [0.2, 0.25) is 0 Å². The van der Waals surface area contributed by atoms with Gasteiger partial charge in [0.25, 0.3) is 0 Å². The van der Waals surface area contributed by atoms with Gasteiger partial charge in [0.2, 0.25) is 5.95 Å². The molecule has 1 aromatic carbocycles. The Balaban J connectivity index is 1.12. The number of aromatic nitrogens is 4.